The zero-order chi connectivity index (χ0) is 20.0. The van der Waals surface area contributed by atoms with E-state index in [2.05, 4.69) is 42.4 Å². The van der Waals surface area contributed by atoms with Gasteiger partial charge >= 0.3 is 0 Å². The minimum absolute atomic E-state index is 0.0551. The van der Waals surface area contributed by atoms with Crippen LogP contribution >= 0.6 is 31.9 Å². The molecule has 0 aliphatic heterocycles. The fourth-order valence-electron chi connectivity index (χ4n) is 2.36. The number of rotatable bonds is 6. The Morgan fingerprint density at radius 3 is 2.63 bits per heavy atom. The Balaban J connectivity index is 2.20. The van der Waals surface area contributed by atoms with E-state index >= 15 is 0 Å². The molecule has 1 aromatic carbocycles. The Hall–Kier alpha value is -2.28. The fourth-order valence-corrected chi connectivity index (χ4v) is 3.15. The number of hydrazone groups is 1. The summed E-state index contributed by atoms with van der Waals surface area (Å²) in [5.74, 6) is -0.483. The van der Waals surface area contributed by atoms with Crippen LogP contribution in [-0.4, -0.2) is 23.8 Å². The molecule has 7 nitrogen and oxygen atoms in total. The largest absolute Gasteiger partial charge is 0.380 e. The maximum Gasteiger partial charge on any atom is 0.269 e. The molecule has 27 heavy (non-hydrogen) atoms. The zero-order valence-corrected chi connectivity index (χ0v) is 17.8. The first-order valence-electron chi connectivity index (χ1n) is 7.77. The van der Waals surface area contributed by atoms with Gasteiger partial charge in [-0.1, -0.05) is 28.1 Å². The predicted octanol–water partition coefficient (Wildman–Crippen LogP) is 2.85. The topological polar surface area (TPSA) is 96.5 Å². The third-order valence-electron chi connectivity index (χ3n) is 3.72. The number of hydrogen-bond acceptors (Lipinski definition) is 5. The van der Waals surface area contributed by atoms with Crippen LogP contribution in [0.5, 0.6) is 0 Å². The fraction of sp³-hybridized carbons (Fsp3) is 0.222. The average molecular weight is 496 g/mol. The van der Waals surface area contributed by atoms with Gasteiger partial charge in [0.25, 0.3) is 11.5 Å². The van der Waals surface area contributed by atoms with Crippen molar-refractivity contribution in [3.63, 3.8) is 0 Å². The van der Waals surface area contributed by atoms with Gasteiger partial charge in [0, 0.05) is 27.3 Å². The molecule has 1 aromatic heterocycles. The first kappa shape index (κ1) is 21.0. The highest BCUT2D eigenvalue weighted by Crippen LogP contribution is 2.23. The van der Waals surface area contributed by atoms with E-state index in [1.165, 1.54) is 17.9 Å². The van der Waals surface area contributed by atoms with Gasteiger partial charge in [-0.15, -0.1) is 0 Å². The predicted molar refractivity (Wildman–Crippen MR) is 108 cm³/mol. The summed E-state index contributed by atoms with van der Waals surface area (Å²) in [5, 5.41) is 13.2. The molecule has 1 N–H and O–H groups in total. The minimum atomic E-state index is -0.544. The lowest BCUT2D eigenvalue weighted by Gasteiger charge is -2.15. The molecule has 0 atom stereocenters. The third-order valence-corrected chi connectivity index (χ3v) is 5.30. The lowest BCUT2D eigenvalue weighted by atomic mass is 10.1. The molecule has 0 fully saturated rings. The number of nitriles is 1. The van der Waals surface area contributed by atoms with Crippen LogP contribution in [0.4, 0.5) is 0 Å². The summed E-state index contributed by atoms with van der Waals surface area (Å²) in [4.78, 5) is 24.7. The van der Waals surface area contributed by atoms with E-state index in [0.29, 0.717) is 15.7 Å². The van der Waals surface area contributed by atoms with Gasteiger partial charge in [0.2, 0.25) is 0 Å². The molecular formula is C18H16Br2N4O3. The monoisotopic (exact) mass is 494 g/mol. The minimum Gasteiger partial charge on any atom is -0.380 e. The van der Waals surface area contributed by atoms with Gasteiger partial charge in [-0.2, -0.15) is 10.4 Å². The summed E-state index contributed by atoms with van der Waals surface area (Å²) in [6.07, 6.45) is 1.50. The van der Waals surface area contributed by atoms with E-state index in [-0.39, 0.29) is 18.7 Å². The molecule has 1 amide bonds. The summed E-state index contributed by atoms with van der Waals surface area (Å²) in [7, 11) is 1.48. The molecule has 140 valence electrons. The lowest BCUT2D eigenvalue weighted by Crippen LogP contribution is -2.33. The highest BCUT2D eigenvalue weighted by atomic mass is 79.9. The van der Waals surface area contributed by atoms with Gasteiger partial charge < -0.3 is 9.30 Å². The van der Waals surface area contributed by atoms with Gasteiger partial charge in [0.15, 0.2) is 0 Å². The Morgan fingerprint density at radius 1 is 1.37 bits per heavy atom. The Morgan fingerprint density at radius 2 is 2.04 bits per heavy atom. The van der Waals surface area contributed by atoms with E-state index in [9.17, 15) is 14.9 Å². The van der Waals surface area contributed by atoms with Gasteiger partial charge in [-0.3, -0.25) is 9.59 Å². The maximum atomic E-state index is 12.6. The number of pyridine rings is 1. The van der Waals surface area contributed by atoms with Gasteiger partial charge in [-0.25, -0.2) is 5.43 Å². The van der Waals surface area contributed by atoms with Crippen LogP contribution < -0.4 is 11.0 Å². The molecule has 0 bridgehead atoms. The van der Waals surface area contributed by atoms with Gasteiger partial charge in [-0.05, 0) is 40.5 Å². The molecule has 0 saturated carbocycles. The van der Waals surface area contributed by atoms with Crippen molar-refractivity contribution in [3.05, 3.63) is 65.9 Å². The van der Waals surface area contributed by atoms with Crippen molar-refractivity contribution in [1.82, 2.24) is 9.99 Å². The smallest absolute Gasteiger partial charge is 0.269 e. The van der Waals surface area contributed by atoms with Crippen LogP contribution in [0.3, 0.4) is 0 Å². The van der Waals surface area contributed by atoms with Crippen molar-refractivity contribution >= 4 is 44.0 Å². The summed E-state index contributed by atoms with van der Waals surface area (Å²) >= 11 is 6.72. The van der Waals surface area contributed by atoms with Crippen LogP contribution in [0.15, 0.2) is 43.1 Å². The molecule has 1 heterocycles. The summed E-state index contributed by atoms with van der Waals surface area (Å²) in [5.41, 5.74) is 3.58. The van der Waals surface area contributed by atoms with E-state index in [1.807, 2.05) is 30.3 Å². The van der Waals surface area contributed by atoms with Gasteiger partial charge in [0.1, 0.15) is 18.2 Å². The summed E-state index contributed by atoms with van der Waals surface area (Å²) in [6.45, 7) is 1.54. The number of amides is 1. The van der Waals surface area contributed by atoms with Crippen molar-refractivity contribution in [3.8, 4) is 6.07 Å². The molecule has 0 aliphatic carbocycles. The van der Waals surface area contributed by atoms with Crippen LogP contribution in [0.1, 0.15) is 22.4 Å². The quantitative estimate of drug-likeness (QED) is 0.492. The average Bonchev–Trinajstić information content (AvgIpc) is 2.65. The second-order valence-electron chi connectivity index (χ2n) is 5.53. The number of halogens is 2. The number of methoxy groups -OCH3 is 1. The van der Waals surface area contributed by atoms with Crippen LogP contribution in [-0.2, 0) is 22.7 Å². The molecule has 0 aliphatic rings. The lowest BCUT2D eigenvalue weighted by molar-refractivity contribution is -0.121. The van der Waals surface area contributed by atoms with E-state index in [4.69, 9.17) is 4.74 Å². The third kappa shape index (κ3) is 5.13. The van der Waals surface area contributed by atoms with Crippen molar-refractivity contribution in [2.24, 2.45) is 5.10 Å². The number of hydrogen-bond donors (Lipinski definition) is 1. The number of ether oxygens (including phenoxy) is 1. The van der Waals surface area contributed by atoms with Crippen molar-refractivity contribution in [2.75, 3.05) is 7.11 Å². The highest BCUT2D eigenvalue weighted by Gasteiger charge is 2.19. The number of carbonyl (C=O) groups is 1. The highest BCUT2D eigenvalue weighted by molar-refractivity contribution is 9.10. The molecule has 0 radical (unpaired) electrons. The second kappa shape index (κ2) is 9.60. The molecule has 9 heteroatoms. The Labute approximate surface area is 172 Å². The summed E-state index contributed by atoms with van der Waals surface area (Å²) in [6, 6.07) is 9.27. The molecule has 0 saturated heterocycles. The Bertz CT molecular complexity index is 976. The normalized spacial score (nSPS) is 10.8. The first-order valence-corrected chi connectivity index (χ1v) is 9.36. The first-order chi connectivity index (χ1) is 12.9. The molecule has 0 spiro atoms. The number of aromatic nitrogens is 1. The number of carbonyl (C=O) groups excluding carboxylic acids is 1. The number of nitrogens with one attached hydrogen (secondary N) is 1. The molecule has 2 rings (SSSR count). The molecular weight excluding hydrogens is 480 g/mol. The number of benzene rings is 1. The van der Waals surface area contributed by atoms with E-state index < -0.39 is 11.5 Å². The van der Waals surface area contributed by atoms with Gasteiger partial charge in [0.05, 0.1) is 12.8 Å². The van der Waals surface area contributed by atoms with E-state index in [1.54, 1.807) is 6.92 Å². The second-order valence-corrected chi connectivity index (χ2v) is 7.24. The van der Waals surface area contributed by atoms with Crippen molar-refractivity contribution < 1.29 is 9.53 Å². The number of nitrogens with zero attached hydrogens (tertiary/aromatic N) is 3. The van der Waals surface area contributed by atoms with E-state index in [0.717, 1.165) is 10.0 Å². The zero-order valence-electron chi connectivity index (χ0n) is 14.6. The SMILES string of the molecule is COCc1c(Br)c(C)n(CC(=O)NN=Cc2ccc(Br)cc2)c(=O)c1C#N. The standard InChI is InChI=1S/C18H16Br2N4O3/c1-11-17(20)15(10-27-2)14(7-21)18(26)24(11)9-16(25)23-22-8-12-3-5-13(19)6-4-12/h3-6,8H,9-10H2,1-2H3,(H,23,25). The maximum absolute atomic E-state index is 12.6. The van der Waals surface area contributed by atoms with Crippen LogP contribution in [0, 0.1) is 18.3 Å². The summed E-state index contributed by atoms with van der Waals surface area (Å²) < 4.78 is 7.78. The van der Waals surface area contributed by atoms with Crippen molar-refractivity contribution in [1.29, 1.82) is 5.26 Å². The molecule has 2 aromatic rings. The van der Waals surface area contributed by atoms with Crippen LogP contribution in [0.2, 0.25) is 0 Å². The Kier molecular flexibility index (Phi) is 7.47. The molecule has 0 unspecified atom stereocenters. The van der Waals surface area contributed by atoms with Crippen LogP contribution in [0.25, 0.3) is 0 Å². The van der Waals surface area contributed by atoms with Crippen molar-refractivity contribution in [2.45, 2.75) is 20.1 Å².